The van der Waals surface area contributed by atoms with Crippen LogP contribution in [0.3, 0.4) is 0 Å². The summed E-state index contributed by atoms with van der Waals surface area (Å²) in [5.41, 5.74) is 7.17. The lowest BCUT2D eigenvalue weighted by molar-refractivity contribution is 1.35. The van der Waals surface area contributed by atoms with E-state index in [9.17, 15) is 0 Å². The number of benzene rings is 2. The number of hydrogen-bond donors (Lipinski definition) is 1. The zero-order chi connectivity index (χ0) is 12.1. The fourth-order valence-corrected chi connectivity index (χ4v) is 4.61. The third-order valence-corrected chi connectivity index (χ3v) is 6.31. The number of hydrogen-bond acceptors (Lipinski definition) is 2. The summed E-state index contributed by atoms with van der Waals surface area (Å²) >= 11 is 0. The van der Waals surface area contributed by atoms with Crippen LogP contribution in [0.4, 0.5) is 0 Å². The smallest absolute Gasteiger partial charge is 0.175 e. The quantitative estimate of drug-likeness (QED) is 0.673. The van der Waals surface area contributed by atoms with Crippen LogP contribution < -0.4 is 5.73 Å². The van der Waals surface area contributed by atoms with Gasteiger partial charge in [0.1, 0.15) is 20.7 Å². The van der Waals surface area contributed by atoms with Crippen molar-refractivity contribution in [3.63, 3.8) is 0 Å². The van der Waals surface area contributed by atoms with Crippen LogP contribution >= 0.6 is 10.8 Å². The molecule has 1 unspecified atom stereocenters. The largest absolute Gasteiger partial charge is 0.288 e. The average Bonchev–Trinajstić information content (AvgIpc) is 2.39. The minimum absolute atomic E-state index is 0.0420. The van der Waals surface area contributed by atoms with E-state index in [0.717, 1.165) is 0 Å². The summed E-state index contributed by atoms with van der Waals surface area (Å²) in [6.45, 7) is 2.11. The first-order chi connectivity index (χ1) is 8.29. The summed E-state index contributed by atoms with van der Waals surface area (Å²) in [7, 11) is 1.90. The SMILES string of the molecule is Cc1ccc(S[S+](CN)c2ccccc2)cc1. The number of rotatable bonds is 4. The lowest BCUT2D eigenvalue weighted by Gasteiger charge is -2.03. The van der Waals surface area contributed by atoms with Gasteiger partial charge in [-0.2, -0.15) is 0 Å². The average molecular weight is 262 g/mol. The highest BCUT2D eigenvalue weighted by atomic mass is 33.1. The molecule has 0 aliphatic rings. The van der Waals surface area contributed by atoms with E-state index in [-0.39, 0.29) is 9.93 Å². The molecule has 1 atom stereocenters. The molecule has 0 bridgehead atoms. The molecular weight excluding hydrogens is 246 g/mol. The first-order valence-corrected chi connectivity index (χ1v) is 8.23. The topological polar surface area (TPSA) is 26.0 Å². The normalized spacial score (nSPS) is 12.4. The van der Waals surface area contributed by atoms with Gasteiger partial charge in [0.25, 0.3) is 0 Å². The molecule has 0 amide bonds. The van der Waals surface area contributed by atoms with Crippen LogP contribution in [0.15, 0.2) is 64.4 Å². The van der Waals surface area contributed by atoms with Crippen molar-refractivity contribution in [2.24, 2.45) is 5.73 Å². The van der Waals surface area contributed by atoms with Gasteiger partial charge in [0.2, 0.25) is 0 Å². The Bertz CT molecular complexity index is 453. The lowest BCUT2D eigenvalue weighted by atomic mass is 10.2. The van der Waals surface area contributed by atoms with Crippen LogP contribution in [0.25, 0.3) is 0 Å². The molecule has 1 nitrogen and oxygen atoms in total. The fraction of sp³-hybridized carbons (Fsp3) is 0.143. The highest BCUT2D eigenvalue weighted by molar-refractivity contribution is 8.74. The molecule has 0 fully saturated rings. The molecule has 2 N–H and O–H groups in total. The van der Waals surface area contributed by atoms with Gasteiger partial charge in [0.05, 0.1) is 4.90 Å². The molecule has 2 aromatic rings. The first kappa shape index (κ1) is 12.6. The van der Waals surface area contributed by atoms with E-state index < -0.39 is 0 Å². The van der Waals surface area contributed by atoms with Crippen LogP contribution in [0.1, 0.15) is 5.56 Å². The maximum atomic E-state index is 5.87. The molecule has 0 saturated heterocycles. The van der Waals surface area contributed by atoms with Crippen LogP contribution in [-0.4, -0.2) is 5.88 Å². The lowest BCUT2D eigenvalue weighted by Crippen LogP contribution is -2.11. The van der Waals surface area contributed by atoms with Crippen molar-refractivity contribution in [1.29, 1.82) is 0 Å². The van der Waals surface area contributed by atoms with Gasteiger partial charge < -0.3 is 0 Å². The van der Waals surface area contributed by atoms with Crippen molar-refractivity contribution in [2.45, 2.75) is 16.7 Å². The number of nitrogens with two attached hydrogens (primary N) is 1. The van der Waals surface area contributed by atoms with Gasteiger partial charge in [0, 0.05) is 0 Å². The molecule has 0 heterocycles. The Kier molecular flexibility index (Phi) is 4.54. The summed E-state index contributed by atoms with van der Waals surface area (Å²) in [6, 6.07) is 19.1. The Morgan fingerprint density at radius 2 is 1.65 bits per heavy atom. The van der Waals surface area contributed by atoms with E-state index in [4.69, 9.17) is 5.73 Å². The van der Waals surface area contributed by atoms with Crippen molar-refractivity contribution in [1.82, 2.24) is 0 Å². The Morgan fingerprint density at radius 1 is 1.00 bits per heavy atom. The predicted molar refractivity (Wildman–Crippen MR) is 78.2 cm³/mol. The summed E-state index contributed by atoms with van der Waals surface area (Å²) in [5, 5.41) is 0. The molecule has 88 valence electrons. The van der Waals surface area contributed by atoms with Crippen molar-refractivity contribution in [2.75, 3.05) is 5.88 Å². The molecule has 0 saturated carbocycles. The fourth-order valence-electron chi connectivity index (χ4n) is 1.46. The van der Waals surface area contributed by atoms with Crippen molar-refractivity contribution < 1.29 is 0 Å². The highest BCUT2D eigenvalue weighted by Crippen LogP contribution is 2.32. The van der Waals surface area contributed by atoms with Gasteiger partial charge in [-0.25, -0.2) is 0 Å². The molecule has 0 aliphatic carbocycles. The van der Waals surface area contributed by atoms with Gasteiger partial charge in [0.15, 0.2) is 10.8 Å². The molecule has 17 heavy (non-hydrogen) atoms. The summed E-state index contributed by atoms with van der Waals surface area (Å²) in [5.74, 6) is 0.683. The second-order valence-corrected chi connectivity index (χ2v) is 7.56. The van der Waals surface area contributed by atoms with E-state index in [0.29, 0.717) is 5.88 Å². The van der Waals surface area contributed by atoms with E-state index >= 15 is 0 Å². The Balaban J connectivity index is 2.13. The third kappa shape index (κ3) is 3.53. The van der Waals surface area contributed by atoms with Crippen LogP contribution in [0, 0.1) is 6.92 Å². The number of aryl methyl sites for hydroxylation is 1. The monoisotopic (exact) mass is 262 g/mol. The zero-order valence-electron chi connectivity index (χ0n) is 9.80. The van der Waals surface area contributed by atoms with E-state index in [1.54, 1.807) is 0 Å². The molecule has 0 radical (unpaired) electrons. The van der Waals surface area contributed by atoms with Crippen molar-refractivity contribution in [3.8, 4) is 0 Å². The maximum Gasteiger partial charge on any atom is 0.175 e. The standard InChI is InChI=1S/C14H16NS2/c1-12-7-9-13(10-8-12)16-17(11-15)14-5-3-2-4-6-14/h2-10H,11,15H2,1H3/q+1. The van der Waals surface area contributed by atoms with Crippen LogP contribution in [0.5, 0.6) is 0 Å². The van der Waals surface area contributed by atoms with E-state index in [1.807, 2.05) is 16.9 Å². The Hall–Kier alpha value is -0.900. The second-order valence-electron chi connectivity index (χ2n) is 3.72. The molecule has 0 spiro atoms. The van der Waals surface area contributed by atoms with Crippen LogP contribution in [-0.2, 0) is 9.93 Å². The van der Waals surface area contributed by atoms with Crippen molar-refractivity contribution >= 4 is 20.7 Å². The molecule has 2 rings (SSSR count). The predicted octanol–water partition coefficient (Wildman–Crippen LogP) is 3.60. The van der Waals surface area contributed by atoms with E-state index in [2.05, 4.69) is 55.5 Å². The Labute approximate surface area is 109 Å². The molecular formula is C14H16NS2+. The van der Waals surface area contributed by atoms with Gasteiger partial charge >= 0.3 is 0 Å². The summed E-state index contributed by atoms with van der Waals surface area (Å²) < 4.78 is 0. The minimum atomic E-state index is 0.0420. The van der Waals surface area contributed by atoms with Gasteiger partial charge in [-0.15, -0.1) is 0 Å². The first-order valence-electron chi connectivity index (χ1n) is 5.50. The minimum Gasteiger partial charge on any atom is -0.288 e. The maximum absolute atomic E-state index is 5.87. The Morgan fingerprint density at radius 3 is 2.24 bits per heavy atom. The molecule has 0 aromatic heterocycles. The van der Waals surface area contributed by atoms with Crippen LogP contribution in [0.2, 0.25) is 0 Å². The third-order valence-electron chi connectivity index (χ3n) is 2.38. The van der Waals surface area contributed by atoms with E-state index in [1.165, 1.54) is 15.4 Å². The van der Waals surface area contributed by atoms with Gasteiger partial charge in [-0.05, 0) is 31.2 Å². The van der Waals surface area contributed by atoms with Crippen molar-refractivity contribution in [3.05, 3.63) is 60.2 Å². The molecule has 0 aliphatic heterocycles. The van der Waals surface area contributed by atoms with Gasteiger partial charge in [-0.3, -0.25) is 5.73 Å². The molecule has 2 aromatic carbocycles. The van der Waals surface area contributed by atoms with Gasteiger partial charge in [-0.1, -0.05) is 35.9 Å². The summed E-state index contributed by atoms with van der Waals surface area (Å²) in [6.07, 6.45) is 0. The zero-order valence-corrected chi connectivity index (χ0v) is 11.4. The second kappa shape index (κ2) is 6.15. The molecule has 3 heteroatoms. The summed E-state index contributed by atoms with van der Waals surface area (Å²) in [4.78, 5) is 2.61. The highest BCUT2D eigenvalue weighted by Gasteiger charge is 2.22.